The number of ether oxygens (including phenoxy) is 1. The van der Waals surface area contributed by atoms with Crippen molar-refractivity contribution in [3.05, 3.63) is 51.5 Å². The maximum absolute atomic E-state index is 6.03. The summed E-state index contributed by atoms with van der Waals surface area (Å²) in [7, 11) is 1.86. The van der Waals surface area contributed by atoms with E-state index in [-0.39, 0.29) is 30.1 Å². The maximum atomic E-state index is 6.03. The van der Waals surface area contributed by atoms with Crippen molar-refractivity contribution in [1.29, 1.82) is 0 Å². The van der Waals surface area contributed by atoms with Gasteiger partial charge in [-0.3, -0.25) is 4.99 Å². The van der Waals surface area contributed by atoms with E-state index in [0.717, 1.165) is 57.2 Å². The van der Waals surface area contributed by atoms with Crippen molar-refractivity contribution in [1.82, 2.24) is 15.2 Å². The van der Waals surface area contributed by atoms with Gasteiger partial charge in [0.25, 0.3) is 0 Å². The van der Waals surface area contributed by atoms with Crippen molar-refractivity contribution in [2.75, 3.05) is 33.3 Å². The molecule has 7 heteroatoms. The average Bonchev–Trinajstić information content (AvgIpc) is 3.10. The van der Waals surface area contributed by atoms with E-state index >= 15 is 0 Å². The summed E-state index contributed by atoms with van der Waals surface area (Å²) in [5, 5.41) is 6.89. The number of nitrogens with zero attached hydrogens (tertiary/aromatic N) is 3. The van der Waals surface area contributed by atoms with Crippen LogP contribution in [0.25, 0.3) is 0 Å². The number of halogens is 1. The quantitative estimate of drug-likeness (QED) is 0.270. The van der Waals surface area contributed by atoms with Gasteiger partial charge in [-0.05, 0) is 44.2 Å². The van der Waals surface area contributed by atoms with E-state index in [1.807, 2.05) is 7.05 Å². The zero-order valence-corrected chi connectivity index (χ0v) is 20.1. The predicted octanol–water partition coefficient (Wildman–Crippen LogP) is 4.35. The fraction of sp³-hybridized carbons (Fsp3) is 0.524. The smallest absolute Gasteiger partial charge is 0.193 e. The number of aryl methyl sites for hydroxylation is 3. The molecule has 1 aliphatic rings. The Morgan fingerprint density at radius 2 is 2.14 bits per heavy atom. The number of rotatable bonds is 6. The molecule has 1 saturated heterocycles. The highest BCUT2D eigenvalue weighted by molar-refractivity contribution is 14.0. The van der Waals surface area contributed by atoms with Crippen LogP contribution in [0.15, 0.2) is 34.6 Å². The predicted molar refractivity (Wildman–Crippen MR) is 128 cm³/mol. The van der Waals surface area contributed by atoms with E-state index in [1.165, 1.54) is 16.1 Å². The summed E-state index contributed by atoms with van der Waals surface area (Å²) >= 11 is 1.76. The molecule has 28 heavy (non-hydrogen) atoms. The molecule has 5 nitrogen and oxygen atoms in total. The number of aliphatic imine (C=N–C) groups is 1. The summed E-state index contributed by atoms with van der Waals surface area (Å²) in [5.74, 6) is 0.974. The number of morpholine rings is 1. The van der Waals surface area contributed by atoms with Crippen LogP contribution in [0.3, 0.4) is 0 Å². The molecule has 1 fully saturated rings. The molecule has 1 aliphatic heterocycles. The van der Waals surface area contributed by atoms with Crippen molar-refractivity contribution in [2.45, 2.75) is 39.2 Å². The Hall–Kier alpha value is -1.19. The average molecular weight is 514 g/mol. The molecule has 0 radical (unpaired) electrons. The van der Waals surface area contributed by atoms with Crippen LogP contribution >= 0.6 is 35.3 Å². The van der Waals surface area contributed by atoms with Gasteiger partial charge >= 0.3 is 0 Å². The second kappa shape index (κ2) is 11.7. The highest BCUT2D eigenvalue weighted by Gasteiger charge is 2.24. The molecule has 2 heterocycles. The molecule has 3 rings (SSSR count). The molecule has 0 saturated carbocycles. The molecule has 2 aromatic rings. The lowest BCUT2D eigenvalue weighted by Crippen LogP contribution is -2.48. The van der Waals surface area contributed by atoms with Gasteiger partial charge in [-0.15, -0.1) is 35.3 Å². The zero-order chi connectivity index (χ0) is 19.1. The minimum Gasteiger partial charge on any atom is -0.370 e. The van der Waals surface area contributed by atoms with E-state index < -0.39 is 0 Å². The first-order chi connectivity index (χ1) is 13.2. The van der Waals surface area contributed by atoms with Crippen LogP contribution < -0.4 is 5.32 Å². The van der Waals surface area contributed by atoms with E-state index in [9.17, 15) is 0 Å². The number of hydrogen-bond donors (Lipinski definition) is 1. The van der Waals surface area contributed by atoms with Gasteiger partial charge in [0.05, 0.1) is 18.2 Å². The highest BCUT2D eigenvalue weighted by atomic mass is 127. The van der Waals surface area contributed by atoms with Crippen molar-refractivity contribution >= 4 is 41.3 Å². The molecule has 1 aromatic heterocycles. The molecular weight excluding hydrogens is 483 g/mol. The van der Waals surface area contributed by atoms with Crippen LogP contribution in [-0.4, -0.2) is 49.1 Å². The molecule has 0 aliphatic carbocycles. The van der Waals surface area contributed by atoms with Gasteiger partial charge in [-0.1, -0.05) is 24.3 Å². The summed E-state index contributed by atoms with van der Waals surface area (Å²) in [6.07, 6.45) is 3.42. The van der Waals surface area contributed by atoms with Crippen LogP contribution in [0, 0.1) is 13.8 Å². The van der Waals surface area contributed by atoms with Gasteiger partial charge in [0.15, 0.2) is 5.96 Å². The van der Waals surface area contributed by atoms with Crippen LogP contribution in [0.1, 0.15) is 40.8 Å². The van der Waals surface area contributed by atoms with E-state index in [2.05, 4.69) is 63.7 Å². The Bertz CT molecular complexity index is 764. The van der Waals surface area contributed by atoms with Crippen LogP contribution in [0.2, 0.25) is 0 Å². The summed E-state index contributed by atoms with van der Waals surface area (Å²) < 4.78 is 6.03. The summed E-state index contributed by atoms with van der Waals surface area (Å²) in [4.78, 5) is 11.3. The Morgan fingerprint density at radius 1 is 1.32 bits per heavy atom. The molecule has 1 unspecified atom stereocenters. The normalized spacial score (nSPS) is 17.3. The molecule has 1 atom stereocenters. The zero-order valence-electron chi connectivity index (χ0n) is 17.0. The lowest BCUT2D eigenvalue weighted by atomic mass is 10.0. The van der Waals surface area contributed by atoms with Crippen LogP contribution in [-0.2, 0) is 11.2 Å². The molecule has 0 amide bonds. The number of benzene rings is 1. The third-order valence-electron chi connectivity index (χ3n) is 4.88. The second-order valence-electron chi connectivity index (χ2n) is 6.98. The summed E-state index contributed by atoms with van der Waals surface area (Å²) in [6, 6.07) is 8.48. The maximum Gasteiger partial charge on any atom is 0.193 e. The van der Waals surface area contributed by atoms with Crippen molar-refractivity contribution in [3.63, 3.8) is 0 Å². The fourth-order valence-corrected chi connectivity index (χ4v) is 4.25. The van der Waals surface area contributed by atoms with E-state index in [1.54, 1.807) is 11.3 Å². The lowest BCUT2D eigenvalue weighted by Gasteiger charge is -2.35. The first-order valence-corrected chi connectivity index (χ1v) is 10.6. The van der Waals surface area contributed by atoms with Gasteiger partial charge < -0.3 is 15.0 Å². The molecule has 1 N–H and O–H groups in total. The third-order valence-corrected chi connectivity index (χ3v) is 5.91. The van der Waals surface area contributed by atoms with Gasteiger partial charge in [0.1, 0.15) is 6.10 Å². The number of guanidine groups is 1. The fourth-order valence-electron chi connectivity index (χ4n) is 3.43. The molecule has 0 spiro atoms. The van der Waals surface area contributed by atoms with Crippen LogP contribution in [0.4, 0.5) is 0 Å². The Labute approximate surface area is 189 Å². The van der Waals surface area contributed by atoms with E-state index in [4.69, 9.17) is 4.74 Å². The van der Waals surface area contributed by atoms with Crippen molar-refractivity contribution in [2.24, 2.45) is 4.99 Å². The van der Waals surface area contributed by atoms with Crippen LogP contribution in [0.5, 0.6) is 0 Å². The summed E-state index contributed by atoms with van der Waals surface area (Å²) in [5.41, 5.74) is 3.69. The minimum absolute atomic E-state index is 0. The standard InChI is InChI=1S/C21H30N4OS.HI/c1-16-8-4-5-9-18(16)19-14-25(12-13-26-19)21(22-3)23-11-7-6-10-20-24-17(2)15-27-20;/h4-5,8-9,15,19H,6-7,10-14H2,1-3H3,(H,22,23);1H. The highest BCUT2D eigenvalue weighted by Crippen LogP contribution is 2.25. The third kappa shape index (κ3) is 6.42. The van der Waals surface area contributed by atoms with Crippen molar-refractivity contribution in [3.8, 4) is 0 Å². The molecule has 154 valence electrons. The number of hydrogen-bond acceptors (Lipinski definition) is 4. The summed E-state index contributed by atoms with van der Waals surface area (Å²) in [6.45, 7) is 7.57. The number of nitrogens with one attached hydrogen (secondary N) is 1. The first-order valence-electron chi connectivity index (χ1n) is 9.71. The second-order valence-corrected chi connectivity index (χ2v) is 7.92. The topological polar surface area (TPSA) is 49.8 Å². The van der Waals surface area contributed by atoms with E-state index in [0.29, 0.717) is 0 Å². The van der Waals surface area contributed by atoms with Gasteiger partial charge in [-0.25, -0.2) is 4.98 Å². The van der Waals surface area contributed by atoms with Gasteiger partial charge in [0.2, 0.25) is 0 Å². The first kappa shape index (κ1) is 23.1. The van der Waals surface area contributed by atoms with Crippen molar-refractivity contribution < 1.29 is 4.74 Å². The lowest BCUT2D eigenvalue weighted by molar-refractivity contribution is -0.00830. The molecule has 0 bridgehead atoms. The number of unbranched alkanes of at least 4 members (excludes halogenated alkanes) is 1. The van der Waals surface area contributed by atoms with Gasteiger partial charge in [-0.2, -0.15) is 0 Å². The molecular formula is C21H31IN4OS. The monoisotopic (exact) mass is 514 g/mol. The Kier molecular flexibility index (Phi) is 9.67. The van der Waals surface area contributed by atoms with Gasteiger partial charge in [0, 0.05) is 31.2 Å². The Balaban J connectivity index is 0.00000280. The largest absolute Gasteiger partial charge is 0.370 e. The number of thiazole rings is 1. The SMILES string of the molecule is CN=C(NCCCCc1nc(C)cs1)N1CCOC(c2ccccc2C)C1.I. The molecule has 1 aromatic carbocycles. The Morgan fingerprint density at radius 3 is 2.86 bits per heavy atom. The number of aromatic nitrogens is 1. The minimum atomic E-state index is 0.